The van der Waals surface area contributed by atoms with E-state index in [1.165, 1.54) is 6.92 Å². The summed E-state index contributed by atoms with van der Waals surface area (Å²) in [4.78, 5) is 12.0. The van der Waals surface area contributed by atoms with E-state index in [2.05, 4.69) is 0 Å². The fraction of sp³-hybridized carbons (Fsp3) is 0.0455. The maximum atomic E-state index is 12.0. The molecule has 2 heteroatoms. The van der Waals surface area contributed by atoms with E-state index in [-0.39, 0.29) is 11.5 Å². The highest BCUT2D eigenvalue weighted by Crippen LogP contribution is 2.42. The molecule has 0 bridgehead atoms. The predicted molar refractivity (Wildman–Crippen MR) is 98.6 cm³/mol. The Bertz CT molecular complexity index is 1090. The van der Waals surface area contributed by atoms with Gasteiger partial charge < -0.3 is 5.11 Å². The highest BCUT2D eigenvalue weighted by Gasteiger charge is 2.18. The predicted octanol–water partition coefficient (Wildman–Crippen LogP) is 5.57. The first-order valence-corrected chi connectivity index (χ1v) is 7.90. The summed E-state index contributed by atoms with van der Waals surface area (Å²) in [5.41, 5.74) is 2.01. The first kappa shape index (κ1) is 14.5. The Labute approximate surface area is 140 Å². The van der Waals surface area contributed by atoms with Gasteiger partial charge >= 0.3 is 0 Å². The Balaban J connectivity index is 2.19. The lowest BCUT2D eigenvalue weighted by Crippen LogP contribution is -1.96. The highest BCUT2D eigenvalue weighted by molar-refractivity contribution is 6.12. The van der Waals surface area contributed by atoms with E-state index in [1.807, 2.05) is 66.7 Å². The summed E-state index contributed by atoms with van der Waals surface area (Å²) in [6.45, 7) is 1.48. The second kappa shape index (κ2) is 5.50. The van der Waals surface area contributed by atoms with Crippen LogP contribution in [0.25, 0.3) is 32.7 Å². The van der Waals surface area contributed by atoms with Gasteiger partial charge in [-0.25, -0.2) is 0 Å². The smallest absolute Gasteiger partial charge is 0.163 e. The lowest BCUT2D eigenvalue weighted by Gasteiger charge is -2.15. The zero-order valence-electron chi connectivity index (χ0n) is 13.3. The number of benzene rings is 4. The van der Waals surface area contributed by atoms with E-state index in [0.29, 0.717) is 5.56 Å². The van der Waals surface area contributed by atoms with E-state index in [9.17, 15) is 9.90 Å². The molecule has 0 aliphatic heterocycles. The number of carbonyl (C=O) groups is 1. The topological polar surface area (TPSA) is 37.3 Å². The molecule has 1 N–H and O–H groups in total. The summed E-state index contributed by atoms with van der Waals surface area (Å²) in [7, 11) is 0. The molecule has 0 spiro atoms. The van der Waals surface area contributed by atoms with Gasteiger partial charge in [-0.2, -0.15) is 0 Å². The minimum absolute atomic E-state index is 0.0533. The molecule has 116 valence electrons. The minimum Gasteiger partial charge on any atom is -0.507 e. The number of phenols is 1. The molecule has 0 saturated heterocycles. The van der Waals surface area contributed by atoms with Crippen molar-refractivity contribution in [3.05, 3.63) is 78.4 Å². The van der Waals surface area contributed by atoms with Crippen molar-refractivity contribution in [1.82, 2.24) is 0 Å². The van der Waals surface area contributed by atoms with Crippen molar-refractivity contribution in [3.63, 3.8) is 0 Å². The van der Waals surface area contributed by atoms with Crippen LogP contribution in [-0.4, -0.2) is 10.9 Å². The maximum Gasteiger partial charge on any atom is 0.163 e. The van der Waals surface area contributed by atoms with Gasteiger partial charge in [-0.1, -0.05) is 66.7 Å². The number of ketones is 1. The van der Waals surface area contributed by atoms with E-state index < -0.39 is 0 Å². The van der Waals surface area contributed by atoms with Crippen LogP contribution < -0.4 is 0 Å². The van der Waals surface area contributed by atoms with Crippen LogP contribution in [-0.2, 0) is 0 Å². The third-order valence-corrected chi connectivity index (χ3v) is 4.46. The summed E-state index contributed by atoms with van der Waals surface area (Å²) in [6, 6.07) is 23.7. The molecule has 0 fully saturated rings. The minimum atomic E-state index is -0.139. The van der Waals surface area contributed by atoms with Gasteiger partial charge in [0, 0.05) is 5.56 Å². The van der Waals surface area contributed by atoms with Crippen molar-refractivity contribution < 1.29 is 9.90 Å². The average Bonchev–Trinajstić information content (AvgIpc) is 2.61. The van der Waals surface area contributed by atoms with E-state index >= 15 is 0 Å². The molecular weight excluding hydrogens is 296 g/mol. The summed E-state index contributed by atoms with van der Waals surface area (Å²) in [6.07, 6.45) is 0. The molecule has 2 nitrogen and oxygen atoms in total. The van der Waals surface area contributed by atoms with Gasteiger partial charge in [0.15, 0.2) is 5.78 Å². The quantitative estimate of drug-likeness (QED) is 0.491. The van der Waals surface area contributed by atoms with Crippen molar-refractivity contribution >= 4 is 27.3 Å². The Hall–Kier alpha value is -3.13. The third-order valence-electron chi connectivity index (χ3n) is 4.46. The van der Waals surface area contributed by atoms with Gasteiger partial charge in [-0.15, -0.1) is 0 Å². The Morgan fingerprint density at radius 2 is 1.42 bits per heavy atom. The van der Waals surface area contributed by atoms with Crippen molar-refractivity contribution in [2.24, 2.45) is 0 Å². The SMILES string of the molecule is CC(=O)c1cc2ccccc2c(-c2cccc3ccccc23)c1O. The maximum absolute atomic E-state index is 12.0. The standard InChI is InChI=1S/C22H16O2/c1-14(23)20-13-16-8-3-5-11-18(16)21(22(20)24)19-12-6-9-15-7-2-4-10-17(15)19/h2-13,24H,1H3. The molecule has 0 atom stereocenters. The number of fused-ring (bicyclic) bond motifs is 2. The fourth-order valence-electron chi connectivity index (χ4n) is 3.32. The van der Waals surface area contributed by atoms with Gasteiger partial charge in [0.05, 0.1) is 5.56 Å². The van der Waals surface area contributed by atoms with Crippen LogP contribution in [0.5, 0.6) is 5.75 Å². The zero-order chi connectivity index (χ0) is 16.7. The summed E-state index contributed by atoms with van der Waals surface area (Å²) in [5.74, 6) is -0.0858. The van der Waals surface area contributed by atoms with Crippen LogP contribution in [0, 0.1) is 0 Å². The molecule has 0 radical (unpaired) electrons. The van der Waals surface area contributed by atoms with E-state index in [0.717, 1.165) is 32.7 Å². The van der Waals surface area contributed by atoms with Crippen LogP contribution in [0.3, 0.4) is 0 Å². The summed E-state index contributed by atoms with van der Waals surface area (Å²) < 4.78 is 0. The van der Waals surface area contributed by atoms with E-state index in [4.69, 9.17) is 0 Å². The van der Waals surface area contributed by atoms with Crippen molar-refractivity contribution in [2.75, 3.05) is 0 Å². The number of aromatic hydroxyl groups is 1. The second-order valence-corrected chi connectivity index (χ2v) is 5.95. The molecule has 4 aromatic rings. The third kappa shape index (κ3) is 2.16. The molecule has 4 aromatic carbocycles. The molecule has 4 rings (SSSR count). The number of hydrogen-bond acceptors (Lipinski definition) is 2. The fourth-order valence-corrected chi connectivity index (χ4v) is 3.32. The lowest BCUT2D eigenvalue weighted by molar-refractivity contribution is 0.101. The van der Waals surface area contributed by atoms with Gasteiger partial charge in [0.1, 0.15) is 5.75 Å². The highest BCUT2D eigenvalue weighted by atomic mass is 16.3. The molecule has 24 heavy (non-hydrogen) atoms. The zero-order valence-corrected chi connectivity index (χ0v) is 13.3. The molecule has 0 heterocycles. The monoisotopic (exact) mass is 312 g/mol. The van der Waals surface area contributed by atoms with Crippen LogP contribution in [0.2, 0.25) is 0 Å². The van der Waals surface area contributed by atoms with Crippen LogP contribution in [0.1, 0.15) is 17.3 Å². The van der Waals surface area contributed by atoms with Crippen LogP contribution in [0.15, 0.2) is 72.8 Å². The van der Waals surface area contributed by atoms with Crippen LogP contribution >= 0.6 is 0 Å². The Morgan fingerprint density at radius 1 is 0.792 bits per heavy atom. The molecule has 0 aromatic heterocycles. The number of Topliss-reactive ketones (excluding diaryl/α,β-unsaturated/α-hetero) is 1. The van der Waals surface area contributed by atoms with Gasteiger partial charge in [-0.05, 0) is 40.1 Å². The number of phenolic OH excluding ortho intramolecular Hbond substituents is 1. The van der Waals surface area contributed by atoms with Gasteiger partial charge in [0.25, 0.3) is 0 Å². The summed E-state index contributed by atoms with van der Waals surface area (Å²) >= 11 is 0. The number of carbonyl (C=O) groups excluding carboxylic acids is 1. The first-order valence-electron chi connectivity index (χ1n) is 7.90. The first-order chi connectivity index (χ1) is 11.7. The Morgan fingerprint density at radius 3 is 2.17 bits per heavy atom. The summed E-state index contributed by atoms with van der Waals surface area (Å²) in [5, 5.41) is 14.9. The molecule has 0 saturated carbocycles. The van der Waals surface area contributed by atoms with Gasteiger partial charge in [-0.3, -0.25) is 4.79 Å². The van der Waals surface area contributed by atoms with Crippen molar-refractivity contribution in [2.45, 2.75) is 6.92 Å². The largest absolute Gasteiger partial charge is 0.507 e. The average molecular weight is 312 g/mol. The van der Waals surface area contributed by atoms with E-state index in [1.54, 1.807) is 6.07 Å². The number of rotatable bonds is 2. The molecule has 0 amide bonds. The van der Waals surface area contributed by atoms with Crippen LogP contribution in [0.4, 0.5) is 0 Å². The van der Waals surface area contributed by atoms with Crippen molar-refractivity contribution in [1.29, 1.82) is 0 Å². The number of hydrogen-bond donors (Lipinski definition) is 1. The molecular formula is C22H16O2. The van der Waals surface area contributed by atoms with Crippen molar-refractivity contribution in [3.8, 4) is 16.9 Å². The molecule has 0 aliphatic rings. The Kier molecular flexibility index (Phi) is 3.31. The molecule has 0 unspecified atom stereocenters. The molecule has 0 aliphatic carbocycles. The second-order valence-electron chi connectivity index (χ2n) is 5.95. The van der Waals surface area contributed by atoms with Gasteiger partial charge in [0.2, 0.25) is 0 Å². The normalized spacial score (nSPS) is 11.0. The lowest BCUT2D eigenvalue weighted by atomic mass is 9.90.